The molecule has 4 N–H and O–H groups in total. The van der Waals surface area contributed by atoms with Gasteiger partial charge in [-0.3, -0.25) is 19.1 Å². The Bertz CT molecular complexity index is 784. The summed E-state index contributed by atoms with van der Waals surface area (Å²) in [6.45, 7) is 3.18. The van der Waals surface area contributed by atoms with Crippen molar-refractivity contribution in [2.45, 2.75) is 20.4 Å². The third-order valence-corrected chi connectivity index (χ3v) is 3.07. The monoisotopic (exact) mass is 288 g/mol. The van der Waals surface area contributed by atoms with Crippen LogP contribution in [0.1, 0.15) is 11.1 Å². The van der Waals surface area contributed by atoms with E-state index >= 15 is 0 Å². The van der Waals surface area contributed by atoms with Crippen LogP contribution in [-0.2, 0) is 11.3 Å². The smallest absolute Gasteiger partial charge is 0.328 e. The second-order valence-electron chi connectivity index (χ2n) is 4.79. The molecule has 110 valence electrons. The molecule has 1 amide bonds. The maximum absolute atomic E-state index is 12.0. The molecular formula is C14H16N4O3. The minimum atomic E-state index is -0.626. The zero-order valence-electron chi connectivity index (χ0n) is 11.8. The summed E-state index contributed by atoms with van der Waals surface area (Å²) in [7, 11) is 0. The van der Waals surface area contributed by atoms with Gasteiger partial charge in [0.2, 0.25) is 5.91 Å². The number of aromatic amines is 1. The topological polar surface area (TPSA) is 110 Å². The van der Waals surface area contributed by atoms with E-state index in [-0.39, 0.29) is 6.54 Å². The Hall–Kier alpha value is -2.83. The number of nitrogens with one attached hydrogen (secondary N) is 2. The summed E-state index contributed by atoms with van der Waals surface area (Å²) >= 11 is 0. The number of hydrogen-bond acceptors (Lipinski definition) is 4. The van der Waals surface area contributed by atoms with Crippen LogP contribution in [0.5, 0.6) is 0 Å². The second kappa shape index (κ2) is 5.66. The normalized spacial score (nSPS) is 10.4. The molecule has 1 aromatic heterocycles. The number of benzene rings is 1. The van der Waals surface area contributed by atoms with E-state index in [0.717, 1.165) is 10.1 Å². The van der Waals surface area contributed by atoms with Gasteiger partial charge in [0.25, 0.3) is 5.56 Å². The number of nitrogens with two attached hydrogens (primary N) is 1. The second-order valence-corrected chi connectivity index (χ2v) is 4.79. The van der Waals surface area contributed by atoms with Crippen molar-refractivity contribution in [2.75, 3.05) is 11.1 Å². The number of aryl methyl sites for hydroxylation is 2. The summed E-state index contributed by atoms with van der Waals surface area (Å²) in [5, 5.41) is 2.67. The number of nitrogens with zero attached hydrogens (tertiary/aromatic N) is 1. The van der Waals surface area contributed by atoms with Crippen molar-refractivity contribution in [1.82, 2.24) is 9.55 Å². The molecule has 0 radical (unpaired) electrons. The first-order chi connectivity index (χ1) is 9.88. The molecule has 7 heteroatoms. The van der Waals surface area contributed by atoms with Gasteiger partial charge in [-0.25, -0.2) is 4.79 Å². The number of para-hydroxylation sites is 1. The number of carbonyl (C=O) groups is 1. The van der Waals surface area contributed by atoms with Gasteiger partial charge in [-0.05, 0) is 25.5 Å². The van der Waals surface area contributed by atoms with E-state index in [0.29, 0.717) is 16.9 Å². The predicted molar refractivity (Wildman–Crippen MR) is 80.3 cm³/mol. The molecular weight excluding hydrogens is 272 g/mol. The van der Waals surface area contributed by atoms with Crippen LogP contribution in [0.3, 0.4) is 0 Å². The Morgan fingerprint density at radius 1 is 1.29 bits per heavy atom. The summed E-state index contributed by atoms with van der Waals surface area (Å²) in [4.78, 5) is 37.1. The lowest BCUT2D eigenvalue weighted by Gasteiger charge is -2.12. The number of aromatic nitrogens is 2. The molecule has 0 fully saturated rings. The Morgan fingerprint density at radius 2 is 2.00 bits per heavy atom. The van der Waals surface area contributed by atoms with E-state index in [4.69, 9.17) is 5.73 Å². The molecule has 0 bridgehead atoms. The highest BCUT2D eigenvalue weighted by atomic mass is 16.2. The Morgan fingerprint density at radius 3 is 2.67 bits per heavy atom. The van der Waals surface area contributed by atoms with E-state index in [1.54, 1.807) is 19.1 Å². The van der Waals surface area contributed by atoms with Crippen LogP contribution in [-0.4, -0.2) is 15.5 Å². The molecule has 0 aliphatic carbocycles. The van der Waals surface area contributed by atoms with Crippen molar-refractivity contribution in [3.05, 3.63) is 56.4 Å². The van der Waals surface area contributed by atoms with Crippen LogP contribution in [0.2, 0.25) is 0 Å². The zero-order valence-corrected chi connectivity index (χ0v) is 11.8. The summed E-state index contributed by atoms with van der Waals surface area (Å²) in [6.07, 6.45) is 1.35. The van der Waals surface area contributed by atoms with E-state index in [1.165, 1.54) is 6.20 Å². The molecule has 0 atom stereocenters. The van der Waals surface area contributed by atoms with E-state index in [2.05, 4.69) is 10.3 Å². The minimum absolute atomic E-state index is 0.204. The molecule has 2 rings (SSSR count). The third-order valence-electron chi connectivity index (χ3n) is 3.07. The molecule has 1 aromatic carbocycles. The van der Waals surface area contributed by atoms with Crippen molar-refractivity contribution >= 4 is 17.3 Å². The van der Waals surface area contributed by atoms with Crippen molar-refractivity contribution < 1.29 is 4.79 Å². The molecule has 0 aliphatic rings. The van der Waals surface area contributed by atoms with Gasteiger partial charge < -0.3 is 11.1 Å². The molecule has 0 aliphatic heterocycles. The molecule has 7 nitrogen and oxygen atoms in total. The number of H-pyrrole nitrogens is 1. The van der Waals surface area contributed by atoms with Gasteiger partial charge in [-0.1, -0.05) is 12.1 Å². The highest BCUT2D eigenvalue weighted by molar-refractivity contribution is 5.94. The third kappa shape index (κ3) is 3.19. The first-order valence-electron chi connectivity index (χ1n) is 6.34. The zero-order chi connectivity index (χ0) is 15.6. The Labute approximate surface area is 120 Å². The molecule has 21 heavy (non-hydrogen) atoms. The lowest BCUT2D eigenvalue weighted by Crippen LogP contribution is -2.34. The summed E-state index contributed by atoms with van der Waals surface area (Å²) < 4.78 is 1.14. The van der Waals surface area contributed by atoms with E-state index in [1.807, 2.05) is 13.0 Å². The maximum atomic E-state index is 12.0. The highest BCUT2D eigenvalue weighted by Crippen LogP contribution is 2.22. The number of rotatable bonds is 3. The van der Waals surface area contributed by atoms with Gasteiger partial charge in [-0.2, -0.15) is 0 Å². The lowest BCUT2D eigenvalue weighted by molar-refractivity contribution is -0.116. The summed E-state index contributed by atoms with van der Waals surface area (Å²) in [5.74, 6) is -0.399. The van der Waals surface area contributed by atoms with E-state index in [9.17, 15) is 14.4 Å². The maximum Gasteiger partial charge on any atom is 0.328 e. The van der Waals surface area contributed by atoms with E-state index < -0.39 is 17.2 Å². The van der Waals surface area contributed by atoms with Gasteiger partial charge in [0.15, 0.2) is 0 Å². The fourth-order valence-corrected chi connectivity index (χ4v) is 1.93. The van der Waals surface area contributed by atoms with Crippen molar-refractivity contribution in [3.63, 3.8) is 0 Å². The van der Waals surface area contributed by atoms with Crippen LogP contribution < -0.4 is 22.3 Å². The Balaban J connectivity index is 2.22. The summed E-state index contributed by atoms with van der Waals surface area (Å²) in [6, 6.07) is 5.29. The van der Waals surface area contributed by atoms with Gasteiger partial charge in [0.05, 0.1) is 11.4 Å². The molecule has 0 saturated carbocycles. The van der Waals surface area contributed by atoms with Gasteiger partial charge in [-0.15, -0.1) is 0 Å². The van der Waals surface area contributed by atoms with Crippen LogP contribution >= 0.6 is 0 Å². The molecule has 0 saturated heterocycles. The molecule has 2 aromatic rings. The average Bonchev–Trinajstić information content (AvgIpc) is 2.40. The largest absolute Gasteiger partial charge is 0.397 e. The minimum Gasteiger partial charge on any atom is -0.397 e. The number of nitrogen functional groups attached to an aromatic ring is 1. The number of amides is 1. The fourth-order valence-electron chi connectivity index (χ4n) is 1.93. The highest BCUT2D eigenvalue weighted by Gasteiger charge is 2.10. The average molecular weight is 288 g/mol. The number of carbonyl (C=O) groups excluding carboxylic acids is 1. The van der Waals surface area contributed by atoms with Crippen LogP contribution in [0.25, 0.3) is 0 Å². The van der Waals surface area contributed by atoms with Gasteiger partial charge in [0.1, 0.15) is 6.54 Å². The van der Waals surface area contributed by atoms with Crippen molar-refractivity contribution in [2.24, 2.45) is 0 Å². The SMILES string of the molecule is Cc1cccc(N)c1NC(=O)Cn1cc(C)c(=O)[nH]c1=O. The summed E-state index contributed by atoms with van der Waals surface area (Å²) in [5.41, 5.74) is 6.88. The number of anilines is 2. The number of hydrogen-bond donors (Lipinski definition) is 3. The quantitative estimate of drug-likeness (QED) is 0.709. The standard InChI is InChI=1S/C14H16N4O3/c1-8-4-3-5-10(15)12(8)16-11(19)7-18-6-9(2)13(20)17-14(18)21/h3-6H,7,15H2,1-2H3,(H,16,19)(H,17,20,21). The fraction of sp³-hybridized carbons (Fsp3) is 0.214. The predicted octanol–water partition coefficient (Wildman–Crippen LogP) is 0.374. The molecule has 0 unspecified atom stereocenters. The van der Waals surface area contributed by atoms with Crippen LogP contribution in [0, 0.1) is 13.8 Å². The lowest BCUT2D eigenvalue weighted by atomic mass is 10.1. The van der Waals surface area contributed by atoms with Crippen molar-refractivity contribution in [1.29, 1.82) is 0 Å². The Kier molecular flexibility index (Phi) is 3.93. The van der Waals surface area contributed by atoms with Gasteiger partial charge >= 0.3 is 5.69 Å². The van der Waals surface area contributed by atoms with Crippen molar-refractivity contribution in [3.8, 4) is 0 Å². The first kappa shape index (κ1) is 14.6. The molecule has 1 heterocycles. The van der Waals surface area contributed by atoms with Crippen LogP contribution in [0.4, 0.5) is 11.4 Å². The van der Waals surface area contributed by atoms with Gasteiger partial charge in [0, 0.05) is 11.8 Å². The molecule has 0 spiro atoms. The first-order valence-corrected chi connectivity index (χ1v) is 6.34. The van der Waals surface area contributed by atoms with Crippen LogP contribution in [0.15, 0.2) is 34.0 Å².